The van der Waals surface area contributed by atoms with Crippen LogP contribution in [0.2, 0.25) is 10.0 Å². The van der Waals surface area contributed by atoms with Gasteiger partial charge in [0.05, 0.1) is 27.6 Å². The van der Waals surface area contributed by atoms with Crippen LogP contribution in [-0.2, 0) is 19.1 Å². The van der Waals surface area contributed by atoms with Gasteiger partial charge >= 0.3 is 5.97 Å². The Morgan fingerprint density at radius 3 is 2.75 bits per heavy atom. The molecule has 2 N–H and O–H groups in total. The number of hydrogen-bond acceptors (Lipinski definition) is 6. The largest absolute Gasteiger partial charge is 0.465 e. The Hall–Kier alpha value is -1.28. The molecule has 0 saturated carbocycles. The summed E-state index contributed by atoms with van der Waals surface area (Å²) in [6.07, 6.45) is 0.0410. The van der Waals surface area contributed by atoms with Crippen LogP contribution in [-0.4, -0.2) is 41.4 Å². The van der Waals surface area contributed by atoms with Crippen molar-refractivity contribution in [1.82, 2.24) is 0 Å². The number of ether oxygens (including phenoxy) is 1. The number of nitrogens with two attached hydrogens (primary N) is 1. The van der Waals surface area contributed by atoms with Gasteiger partial charge in [-0.05, 0) is 25.1 Å². The molecule has 6 nitrogen and oxygen atoms in total. The van der Waals surface area contributed by atoms with E-state index in [-0.39, 0.29) is 35.6 Å². The van der Waals surface area contributed by atoms with Crippen molar-refractivity contribution in [3.05, 3.63) is 28.2 Å². The third-order valence-corrected chi connectivity index (χ3v) is 5.39. The highest BCUT2D eigenvalue weighted by Gasteiger charge is 2.40. The van der Waals surface area contributed by atoms with E-state index in [4.69, 9.17) is 33.7 Å². The van der Waals surface area contributed by atoms with E-state index in [0.29, 0.717) is 10.7 Å². The number of imide groups is 1. The highest BCUT2D eigenvalue weighted by molar-refractivity contribution is 8.00. The van der Waals surface area contributed by atoms with Gasteiger partial charge in [0.2, 0.25) is 11.8 Å². The van der Waals surface area contributed by atoms with Gasteiger partial charge in [0, 0.05) is 12.2 Å². The van der Waals surface area contributed by atoms with Gasteiger partial charge in [0.1, 0.15) is 6.04 Å². The Bertz CT molecular complexity index is 671. The lowest BCUT2D eigenvalue weighted by atomic mass is 10.3. The van der Waals surface area contributed by atoms with Gasteiger partial charge in [0.25, 0.3) is 0 Å². The van der Waals surface area contributed by atoms with Gasteiger partial charge in [-0.2, -0.15) is 0 Å². The second-order valence-corrected chi connectivity index (χ2v) is 7.10. The maximum Gasteiger partial charge on any atom is 0.323 e. The first-order valence-corrected chi connectivity index (χ1v) is 9.01. The summed E-state index contributed by atoms with van der Waals surface area (Å²) in [5.41, 5.74) is 6.08. The van der Waals surface area contributed by atoms with E-state index in [2.05, 4.69) is 0 Å². The second-order valence-electron chi connectivity index (χ2n) is 5.05. The lowest BCUT2D eigenvalue weighted by molar-refractivity contribution is -0.144. The third-order valence-electron chi connectivity index (χ3n) is 3.33. The number of carbonyl (C=O) groups excluding carboxylic acids is 3. The number of rotatable bonds is 6. The van der Waals surface area contributed by atoms with Crippen molar-refractivity contribution in [2.75, 3.05) is 17.3 Å². The van der Waals surface area contributed by atoms with Gasteiger partial charge in [0.15, 0.2) is 0 Å². The van der Waals surface area contributed by atoms with Crippen LogP contribution in [0.3, 0.4) is 0 Å². The molecule has 1 fully saturated rings. The monoisotopic (exact) mass is 390 g/mol. The predicted molar refractivity (Wildman–Crippen MR) is 94.4 cm³/mol. The number of benzene rings is 1. The zero-order valence-corrected chi connectivity index (χ0v) is 15.2. The fraction of sp³-hybridized carbons (Fsp3) is 0.400. The molecule has 2 amide bonds. The molecule has 1 saturated heterocycles. The molecule has 1 heterocycles. The molecule has 1 aromatic carbocycles. The number of amides is 2. The van der Waals surface area contributed by atoms with Gasteiger partial charge in [-0.25, -0.2) is 4.90 Å². The minimum Gasteiger partial charge on any atom is -0.465 e. The van der Waals surface area contributed by atoms with Gasteiger partial charge in [-0.15, -0.1) is 11.8 Å². The summed E-state index contributed by atoms with van der Waals surface area (Å²) in [7, 11) is 0. The number of thioether (sulfide) groups is 1. The first-order chi connectivity index (χ1) is 11.3. The average molecular weight is 391 g/mol. The van der Waals surface area contributed by atoms with Crippen LogP contribution < -0.4 is 10.6 Å². The molecule has 0 aromatic heterocycles. The van der Waals surface area contributed by atoms with Crippen LogP contribution in [0.4, 0.5) is 5.69 Å². The summed E-state index contributed by atoms with van der Waals surface area (Å²) in [5.74, 6) is -1.03. The lowest BCUT2D eigenvalue weighted by Gasteiger charge is -2.16. The molecular formula is C15H16Cl2N2O4S. The Labute approximate surface area is 153 Å². The molecule has 0 bridgehead atoms. The van der Waals surface area contributed by atoms with Crippen molar-refractivity contribution in [1.29, 1.82) is 0 Å². The topological polar surface area (TPSA) is 89.7 Å². The summed E-state index contributed by atoms with van der Waals surface area (Å²) in [6.45, 7) is 1.93. The van der Waals surface area contributed by atoms with Crippen LogP contribution in [0, 0.1) is 0 Å². The molecular weight excluding hydrogens is 375 g/mol. The van der Waals surface area contributed by atoms with Gasteiger partial charge in [-0.3, -0.25) is 14.4 Å². The number of nitrogens with zero attached hydrogens (tertiary/aromatic N) is 1. The van der Waals surface area contributed by atoms with Crippen LogP contribution >= 0.6 is 35.0 Å². The van der Waals surface area contributed by atoms with Crippen LogP contribution in [0.5, 0.6) is 0 Å². The maximum absolute atomic E-state index is 12.5. The SMILES string of the molecule is CCOC(=O)[C@@H](N)CS[C@H]1CC(=O)N(c2ccc(Cl)c(Cl)c2)C1=O. The maximum atomic E-state index is 12.5. The molecule has 1 aliphatic rings. The summed E-state index contributed by atoms with van der Waals surface area (Å²) in [4.78, 5) is 37.2. The molecule has 9 heteroatoms. The molecule has 0 unspecified atom stereocenters. The number of esters is 1. The standard InChI is InChI=1S/C15H16Cl2N2O4S/c1-2-23-15(22)11(18)7-24-12-6-13(20)19(14(12)21)8-3-4-9(16)10(17)5-8/h3-5,11-12H,2,6-7,18H2,1H3/t11-,12-/m0/s1. The normalized spacial score (nSPS) is 18.8. The molecule has 1 aromatic rings. The fourth-order valence-corrected chi connectivity index (χ4v) is 3.54. The molecule has 0 spiro atoms. The van der Waals surface area contributed by atoms with Crippen molar-refractivity contribution >= 4 is 58.4 Å². The highest BCUT2D eigenvalue weighted by atomic mass is 35.5. The smallest absolute Gasteiger partial charge is 0.323 e. The third kappa shape index (κ3) is 4.22. The minimum absolute atomic E-state index is 0.0410. The molecule has 2 rings (SSSR count). The summed E-state index contributed by atoms with van der Waals surface area (Å²) in [6, 6.07) is 3.71. The Morgan fingerprint density at radius 1 is 1.42 bits per heavy atom. The van der Waals surface area contributed by atoms with E-state index in [1.807, 2.05) is 0 Å². The molecule has 2 atom stereocenters. The van der Waals surface area contributed by atoms with E-state index in [0.717, 1.165) is 4.90 Å². The zero-order chi connectivity index (χ0) is 17.9. The van der Waals surface area contributed by atoms with Gasteiger partial charge in [-0.1, -0.05) is 23.2 Å². The van der Waals surface area contributed by atoms with E-state index in [1.54, 1.807) is 13.0 Å². The lowest BCUT2D eigenvalue weighted by Crippen LogP contribution is -2.36. The number of carbonyl (C=O) groups is 3. The molecule has 0 aliphatic carbocycles. The van der Waals surface area contributed by atoms with E-state index in [1.165, 1.54) is 23.9 Å². The predicted octanol–water partition coefficient (Wildman–Crippen LogP) is 2.25. The molecule has 130 valence electrons. The second kappa shape index (κ2) is 8.20. The molecule has 0 radical (unpaired) electrons. The summed E-state index contributed by atoms with van der Waals surface area (Å²) < 4.78 is 4.81. The van der Waals surface area contributed by atoms with Crippen molar-refractivity contribution in [3.8, 4) is 0 Å². The first kappa shape index (κ1) is 19.1. The van der Waals surface area contributed by atoms with Crippen LogP contribution in [0.1, 0.15) is 13.3 Å². The average Bonchev–Trinajstić information content (AvgIpc) is 2.82. The van der Waals surface area contributed by atoms with Crippen LogP contribution in [0.25, 0.3) is 0 Å². The highest BCUT2D eigenvalue weighted by Crippen LogP contribution is 2.33. The summed E-state index contributed by atoms with van der Waals surface area (Å²) in [5, 5.41) is 0.00785. The van der Waals surface area contributed by atoms with Crippen molar-refractivity contribution < 1.29 is 19.1 Å². The fourth-order valence-electron chi connectivity index (χ4n) is 2.17. The van der Waals surface area contributed by atoms with Gasteiger partial charge < -0.3 is 10.5 Å². The number of anilines is 1. The van der Waals surface area contributed by atoms with Crippen molar-refractivity contribution in [2.45, 2.75) is 24.6 Å². The molecule has 1 aliphatic heterocycles. The van der Waals surface area contributed by atoms with E-state index >= 15 is 0 Å². The summed E-state index contributed by atoms with van der Waals surface area (Å²) >= 11 is 13.0. The van der Waals surface area contributed by atoms with E-state index in [9.17, 15) is 14.4 Å². The van der Waals surface area contributed by atoms with E-state index < -0.39 is 17.3 Å². The number of hydrogen-bond donors (Lipinski definition) is 1. The zero-order valence-electron chi connectivity index (χ0n) is 12.8. The minimum atomic E-state index is -0.836. The van der Waals surface area contributed by atoms with Crippen molar-refractivity contribution in [2.24, 2.45) is 5.73 Å². The first-order valence-electron chi connectivity index (χ1n) is 7.20. The Morgan fingerprint density at radius 2 is 2.12 bits per heavy atom. The number of halogens is 2. The molecule has 24 heavy (non-hydrogen) atoms. The van der Waals surface area contributed by atoms with Crippen molar-refractivity contribution in [3.63, 3.8) is 0 Å². The quantitative estimate of drug-likeness (QED) is 0.591. The van der Waals surface area contributed by atoms with Crippen LogP contribution in [0.15, 0.2) is 18.2 Å². The Balaban J connectivity index is 2.03. The Kier molecular flexibility index (Phi) is 6.51.